The lowest BCUT2D eigenvalue weighted by Gasteiger charge is -2.32. The molecule has 2 unspecified atom stereocenters. The van der Waals surface area contributed by atoms with Crippen LogP contribution in [0.4, 0.5) is 5.95 Å². The summed E-state index contributed by atoms with van der Waals surface area (Å²) in [5.41, 5.74) is 1.84. The molecule has 2 saturated heterocycles. The van der Waals surface area contributed by atoms with Gasteiger partial charge in [-0.2, -0.15) is 0 Å². The number of morpholine rings is 1. The number of carbonyl (C=O) groups is 1. The Labute approximate surface area is 224 Å². The van der Waals surface area contributed by atoms with Crippen molar-refractivity contribution in [2.24, 2.45) is 17.8 Å². The van der Waals surface area contributed by atoms with E-state index in [0.29, 0.717) is 51.0 Å². The summed E-state index contributed by atoms with van der Waals surface area (Å²) in [4.78, 5) is 25.7. The largest absolute Gasteiger partial charge is 0.494 e. The van der Waals surface area contributed by atoms with Gasteiger partial charge in [0, 0.05) is 56.3 Å². The number of nitrogens with zero attached hydrogens (tertiary/aromatic N) is 4. The first-order valence-corrected chi connectivity index (χ1v) is 13.8. The molecule has 1 aromatic heterocycles. The highest BCUT2D eigenvalue weighted by atomic mass is 35.5. The third-order valence-corrected chi connectivity index (χ3v) is 8.25. The summed E-state index contributed by atoms with van der Waals surface area (Å²) in [5, 5.41) is 0.590. The summed E-state index contributed by atoms with van der Waals surface area (Å²) in [6, 6.07) is 5.68. The number of hydrogen-bond donors (Lipinski definition) is 0. The molecule has 0 radical (unpaired) electrons. The average Bonchev–Trinajstić information content (AvgIpc) is 3.71. The van der Waals surface area contributed by atoms with Crippen LogP contribution in [-0.2, 0) is 27.3 Å². The van der Waals surface area contributed by atoms with E-state index in [0.717, 1.165) is 60.1 Å². The smallest absolute Gasteiger partial charge is 0.227 e. The average molecular weight is 529 g/mol. The van der Waals surface area contributed by atoms with Gasteiger partial charge in [0.25, 0.3) is 0 Å². The Hall–Kier alpha value is -2.42. The van der Waals surface area contributed by atoms with Crippen LogP contribution < -0.4 is 9.64 Å². The van der Waals surface area contributed by atoms with Crippen LogP contribution in [0.5, 0.6) is 5.75 Å². The van der Waals surface area contributed by atoms with Gasteiger partial charge in [-0.05, 0) is 61.1 Å². The first kappa shape index (κ1) is 26.2. The molecule has 0 N–H and O–H groups in total. The molecule has 3 aliphatic rings. The molecule has 200 valence electrons. The zero-order chi connectivity index (χ0) is 25.6. The van der Waals surface area contributed by atoms with Crippen LogP contribution in [0.25, 0.3) is 0 Å². The van der Waals surface area contributed by atoms with Crippen LogP contribution in [0.15, 0.2) is 30.6 Å². The Bertz CT molecular complexity index is 1040. The maximum Gasteiger partial charge on any atom is 0.227 e. The summed E-state index contributed by atoms with van der Waals surface area (Å²) >= 11 is 6.47. The quantitative estimate of drug-likeness (QED) is 0.461. The predicted molar refractivity (Wildman–Crippen MR) is 142 cm³/mol. The molecule has 3 fully saturated rings. The van der Waals surface area contributed by atoms with Crippen LogP contribution in [0.2, 0.25) is 5.02 Å². The van der Waals surface area contributed by atoms with Crippen molar-refractivity contribution >= 4 is 23.5 Å². The number of rotatable bonds is 10. The van der Waals surface area contributed by atoms with Crippen molar-refractivity contribution in [3.63, 3.8) is 0 Å². The van der Waals surface area contributed by atoms with Gasteiger partial charge in [0.2, 0.25) is 11.9 Å². The van der Waals surface area contributed by atoms with Crippen LogP contribution in [0.1, 0.15) is 36.8 Å². The predicted octanol–water partition coefficient (Wildman–Crippen LogP) is 4.00. The Kier molecular flexibility index (Phi) is 8.79. The van der Waals surface area contributed by atoms with Crippen molar-refractivity contribution in [2.75, 3.05) is 58.0 Å². The lowest BCUT2D eigenvalue weighted by atomic mass is 9.90. The van der Waals surface area contributed by atoms with Crippen molar-refractivity contribution in [2.45, 2.75) is 38.7 Å². The third kappa shape index (κ3) is 6.92. The molecular weight excluding hydrogens is 492 g/mol. The van der Waals surface area contributed by atoms with Gasteiger partial charge in [0.05, 0.1) is 32.8 Å². The highest BCUT2D eigenvalue weighted by Gasteiger charge is 2.43. The fourth-order valence-corrected chi connectivity index (χ4v) is 5.87. The van der Waals surface area contributed by atoms with Crippen molar-refractivity contribution < 1.29 is 19.0 Å². The Morgan fingerprint density at radius 3 is 2.59 bits per heavy atom. The minimum absolute atomic E-state index is 0.0944. The maximum atomic E-state index is 12.5. The van der Waals surface area contributed by atoms with E-state index in [1.807, 2.05) is 35.5 Å². The highest BCUT2D eigenvalue weighted by Crippen LogP contribution is 2.49. The molecule has 0 spiro atoms. The van der Waals surface area contributed by atoms with Gasteiger partial charge < -0.3 is 24.0 Å². The van der Waals surface area contributed by atoms with Crippen molar-refractivity contribution in [3.8, 4) is 5.75 Å². The molecule has 1 saturated carbocycles. The third-order valence-electron chi connectivity index (χ3n) is 7.90. The van der Waals surface area contributed by atoms with Gasteiger partial charge in [-0.15, -0.1) is 0 Å². The molecule has 1 aliphatic carbocycles. The van der Waals surface area contributed by atoms with E-state index in [4.69, 9.17) is 25.8 Å². The van der Waals surface area contributed by atoms with E-state index < -0.39 is 0 Å². The van der Waals surface area contributed by atoms with E-state index in [9.17, 15) is 4.79 Å². The number of benzene rings is 1. The monoisotopic (exact) mass is 528 g/mol. The van der Waals surface area contributed by atoms with E-state index in [-0.39, 0.29) is 5.91 Å². The van der Waals surface area contributed by atoms with Gasteiger partial charge in [-0.3, -0.25) is 4.79 Å². The molecule has 5 rings (SSSR count). The topological polar surface area (TPSA) is 77.0 Å². The van der Waals surface area contributed by atoms with Gasteiger partial charge in [0.1, 0.15) is 5.75 Å². The van der Waals surface area contributed by atoms with Gasteiger partial charge >= 0.3 is 0 Å². The number of ether oxygens (including phenoxy) is 3. The Balaban J connectivity index is 1.01. The normalized spacial score (nSPS) is 22.2. The number of methoxy groups -OCH3 is 1. The first-order chi connectivity index (χ1) is 18.1. The lowest BCUT2D eigenvalue weighted by molar-refractivity contribution is -0.134. The van der Waals surface area contributed by atoms with Crippen molar-refractivity contribution in [1.82, 2.24) is 14.9 Å². The Morgan fingerprint density at radius 1 is 1.14 bits per heavy atom. The molecule has 3 heterocycles. The molecule has 2 aliphatic heterocycles. The van der Waals surface area contributed by atoms with Crippen molar-refractivity contribution in [3.05, 3.63) is 46.7 Å². The van der Waals surface area contributed by atoms with Crippen molar-refractivity contribution in [1.29, 1.82) is 0 Å². The summed E-state index contributed by atoms with van der Waals surface area (Å²) in [5.74, 6) is 4.04. The first-order valence-electron chi connectivity index (χ1n) is 13.4. The zero-order valence-corrected chi connectivity index (χ0v) is 22.4. The second kappa shape index (κ2) is 12.4. The zero-order valence-electron chi connectivity index (χ0n) is 21.6. The standard InChI is InChI=1S/C28H37ClN4O4/c1-35-19-20-17-30-28(31-18-20)33-7-4-21(5-8-33)25-14-22(25)6-11-37-24-3-2-23(26(29)16-24)15-27(34)32-9-12-36-13-10-32/h2-3,16-18,21-22,25H,4-15,19H2,1H3. The van der Waals surface area contributed by atoms with Crippen LogP contribution >= 0.6 is 11.6 Å². The highest BCUT2D eigenvalue weighted by molar-refractivity contribution is 6.31. The fourth-order valence-electron chi connectivity index (χ4n) is 5.64. The van der Waals surface area contributed by atoms with Crippen LogP contribution in [0, 0.1) is 17.8 Å². The van der Waals surface area contributed by atoms with Crippen LogP contribution in [-0.4, -0.2) is 73.9 Å². The molecule has 37 heavy (non-hydrogen) atoms. The summed E-state index contributed by atoms with van der Waals surface area (Å²) < 4.78 is 16.5. The molecule has 2 aromatic rings. The number of aromatic nitrogens is 2. The number of carbonyl (C=O) groups excluding carboxylic acids is 1. The molecular formula is C28H37ClN4O4. The molecule has 2 atom stereocenters. The number of anilines is 1. The SMILES string of the molecule is COCc1cnc(N2CCC(C3CC3CCOc3ccc(CC(=O)N4CCOCC4)c(Cl)c3)CC2)nc1. The maximum absolute atomic E-state index is 12.5. The summed E-state index contributed by atoms with van der Waals surface area (Å²) in [6.07, 6.45) is 8.81. The molecule has 1 aromatic carbocycles. The summed E-state index contributed by atoms with van der Waals surface area (Å²) in [7, 11) is 1.68. The Morgan fingerprint density at radius 2 is 1.89 bits per heavy atom. The van der Waals surface area contributed by atoms with Crippen LogP contribution in [0.3, 0.4) is 0 Å². The molecule has 0 bridgehead atoms. The number of piperidine rings is 1. The van der Waals surface area contributed by atoms with E-state index in [1.54, 1.807) is 7.11 Å². The number of hydrogen-bond acceptors (Lipinski definition) is 7. The molecule has 9 heteroatoms. The number of amides is 1. The minimum Gasteiger partial charge on any atom is -0.494 e. The van der Waals surface area contributed by atoms with Gasteiger partial charge in [-0.1, -0.05) is 17.7 Å². The minimum atomic E-state index is 0.0944. The van der Waals surface area contributed by atoms with E-state index in [1.165, 1.54) is 19.3 Å². The van der Waals surface area contributed by atoms with Gasteiger partial charge in [-0.25, -0.2) is 9.97 Å². The van der Waals surface area contributed by atoms with E-state index >= 15 is 0 Å². The van der Waals surface area contributed by atoms with E-state index in [2.05, 4.69) is 14.9 Å². The lowest BCUT2D eigenvalue weighted by Crippen LogP contribution is -2.41. The summed E-state index contributed by atoms with van der Waals surface area (Å²) in [6.45, 7) is 5.79. The second-order valence-corrected chi connectivity index (χ2v) is 10.8. The number of halogens is 1. The fraction of sp³-hybridized carbons (Fsp3) is 0.607. The molecule has 1 amide bonds. The second-order valence-electron chi connectivity index (χ2n) is 10.4. The van der Waals surface area contributed by atoms with Gasteiger partial charge in [0.15, 0.2) is 0 Å². The molecule has 8 nitrogen and oxygen atoms in total.